The Hall–Kier alpha value is -0.530. The summed E-state index contributed by atoms with van der Waals surface area (Å²) < 4.78 is 6.19. The normalized spacial score (nSPS) is 16.7. The van der Waals surface area contributed by atoms with E-state index >= 15 is 0 Å². The summed E-state index contributed by atoms with van der Waals surface area (Å²) in [5, 5.41) is 0. The average molecular weight is 593 g/mol. The van der Waals surface area contributed by atoms with Gasteiger partial charge in [-0.15, -0.1) is 0 Å². The minimum Gasteiger partial charge on any atom is -0.465 e. The van der Waals surface area contributed by atoms with Crippen molar-refractivity contribution < 1.29 is 9.53 Å². The van der Waals surface area contributed by atoms with E-state index in [9.17, 15) is 4.79 Å². The third-order valence-corrected chi connectivity index (χ3v) is 11.3. The van der Waals surface area contributed by atoms with Crippen LogP contribution < -0.4 is 0 Å². The summed E-state index contributed by atoms with van der Waals surface area (Å²) in [5.74, 6) is 6.83. The van der Waals surface area contributed by atoms with E-state index in [0.29, 0.717) is 18.4 Å². The molecule has 0 aromatic rings. The molecule has 6 unspecified atom stereocenters. The van der Waals surface area contributed by atoms with Crippen LogP contribution in [0.5, 0.6) is 0 Å². The van der Waals surface area contributed by atoms with E-state index in [-0.39, 0.29) is 11.9 Å². The Kier molecular flexibility index (Phi) is 24.4. The van der Waals surface area contributed by atoms with Crippen molar-refractivity contribution in [2.45, 2.75) is 186 Å². The second-order valence-corrected chi connectivity index (χ2v) is 16.2. The number of esters is 1. The van der Waals surface area contributed by atoms with Gasteiger partial charge in [-0.25, -0.2) is 0 Å². The molecule has 2 nitrogen and oxygen atoms in total. The number of carbonyl (C=O) groups excluding carboxylic acids is 1. The van der Waals surface area contributed by atoms with Crippen LogP contribution in [0.3, 0.4) is 0 Å². The van der Waals surface area contributed by atoms with E-state index in [1.54, 1.807) is 0 Å². The molecule has 6 atom stereocenters. The van der Waals surface area contributed by atoms with Gasteiger partial charge >= 0.3 is 5.97 Å². The van der Waals surface area contributed by atoms with Crippen LogP contribution in [-0.4, -0.2) is 12.6 Å². The van der Waals surface area contributed by atoms with Crippen molar-refractivity contribution in [2.24, 2.45) is 59.2 Å². The van der Waals surface area contributed by atoms with Crippen molar-refractivity contribution in [3.05, 3.63) is 0 Å². The first-order chi connectivity index (χ1) is 19.8. The predicted molar refractivity (Wildman–Crippen MR) is 188 cm³/mol. The lowest BCUT2D eigenvalue weighted by Gasteiger charge is -2.22. The minimum atomic E-state index is 0.0889. The zero-order chi connectivity index (χ0) is 32.1. The molecule has 0 rings (SSSR count). The fourth-order valence-corrected chi connectivity index (χ4v) is 5.87. The summed E-state index contributed by atoms with van der Waals surface area (Å²) in [6.45, 7) is 28.9. The van der Waals surface area contributed by atoms with Crippen LogP contribution in [0.1, 0.15) is 186 Å². The molecule has 0 radical (unpaired) electrons. The highest BCUT2D eigenvalue weighted by molar-refractivity contribution is 5.72. The summed E-state index contributed by atoms with van der Waals surface area (Å²) >= 11 is 0. The van der Waals surface area contributed by atoms with Crippen molar-refractivity contribution in [2.75, 3.05) is 6.61 Å². The highest BCUT2D eigenvalue weighted by Crippen LogP contribution is 2.27. The first-order valence-corrected chi connectivity index (χ1v) is 18.9. The maximum Gasteiger partial charge on any atom is 0.308 e. The first kappa shape index (κ1) is 41.5. The number of unbranched alkanes of at least 4 members (excludes halogenated alkanes) is 4. The Morgan fingerprint density at radius 2 is 0.714 bits per heavy atom. The van der Waals surface area contributed by atoms with Gasteiger partial charge < -0.3 is 4.74 Å². The number of hydrogen-bond donors (Lipinski definition) is 0. The van der Waals surface area contributed by atoms with E-state index in [1.165, 1.54) is 77.0 Å². The second kappa shape index (κ2) is 24.8. The van der Waals surface area contributed by atoms with Gasteiger partial charge in [0.15, 0.2) is 0 Å². The highest BCUT2D eigenvalue weighted by Gasteiger charge is 2.22. The Morgan fingerprint density at radius 1 is 0.405 bits per heavy atom. The van der Waals surface area contributed by atoms with Crippen molar-refractivity contribution in [3.8, 4) is 0 Å². The lowest BCUT2D eigenvalue weighted by molar-refractivity contribution is -0.150. The Balaban J connectivity index is 5.00. The molecular formula is C40H80O2. The second-order valence-electron chi connectivity index (χ2n) is 16.2. The molecule has 0 heterocycles. The molecule has 0 aromatic heterocycles. The molecule has 0 aliphatic heterocycles. The fourth-order valence-electron chi connectivity index (χ4n) is 5.87. The molecule has 0 saturated carbocycles. The lowest BCUT2D eigenvalue weighted by Crippen LogP contribution is -2.22. The quantitative estimate of drug-likeness (QED) is 0.0700. The van der Waals surface area contributed by atoms with Gasteiger partial charge in [0, 0.05) is 0 Å². The highest BCUT2D eigenvalue weighted by atomic mass is 16.5. The molecule has 0 amide bonds. The van der Waals surface area contributed by atoms with Crippen LogP contribution in [-0.2, 0) is 9.53 Å². The van der Waals surface area contributed by atoms with Gasteiger partial charge in [-0.3, -0.25) is 4.79 Å². The summed E-state index contributed by atoms with van der Waals surface area (Å²) in [4.78, 5) is 13.5. The van der Waals surface area contributed by atoms with Gasteiger partial charge in [-0.2, -0.15) is 0 Å². The Labute approximate surface area is 266 Å². The number of carbonyl (C=O) groups is 1. The third-order valence-electron chi connectivity index (χ3n) is 11.3. The van der Waals surface area contributed by atoms with Crippen LogP contribution in [0, 0.1) is 59.2 Å². The van der Waals surface area contributed by atoms with Crippen molar-refractivity contribution >= 4 is 5.97 Å². The summed E-state index contributed by atoms with van der Waals surface area (Å²) in [6, 6.07) is 0. The molecule has 0 aliphatic carbocycles. The first-order valence-electron chi connectivity index (χ1n) is 18.9. The summed E-state index contributed by atoms with van der Waals surface area (Å²) in [7, 11) is 0. The molecule has 2 heteroatoms. The maximum atomic E-state index is 13.5. The van der Waals surface area contributed by atoms with Crippen LogP contribution in [0.4, 0.5) is 0 Å². The molecule has 0 aliphatic rings. The number of hydrogen-bond acceptors (Lipinski definition) is 2. The van der Waals surface area contributed by atoms with Gasteiger partial charge in [0.2, 0.25) is 0 Å². The summed E-state index contributed by atoms with van der Waals surface area (Å²) in [6.07, 6.45) is 19.6. The van der Waals surface area contributed by atoms with Gasteiger partial charge in [-0.05, 0) is 78.9 Å². The predicted octanol–water partition coefficient (Wildman–Crippen LogP) is 13.2. The van der Waals surface area contributed by atoms with Gasteiger partial charge in [0.05, 0.1) is 12.5 Å². The van der Waals surface area contributed by atoms with Crippen LogP contribution in [0.2, 0.25) is 0 Å². The molecule has 0 N–H and O–H groups in total. The monoisotopic (exact) mass is 593 g/mol. The maximum absolute atomic E-state index is 13.5. The summed E-state index contributed by atoms with van der Waals surface area (Å²) in [5.41, 5.74) is 0. The van der Waals surface area contributed by atoms with Crippen molar-refractivity contribution in [3.63, 3.8) is 0 Å². The molecule has 252 valence electrons. The minimum absolute atomic E-state index is 0.0889. The SMILES string of the molecule is CC(C)C(C)CCCCCC(CCCC(C)C(C)C)COC(=O)C(CCCCCC(C)C(C)C)CCCC(C)C(C)C. The van der Waals surface area contributed by atoms with Gasteiger partial charge in [0.25, 0.3) is 0 Å². The largest absolute Gasteiger partial charge is 0.465 e. The van der Waals surface area contributed by atoms with Crippen LogP contribution >= 0.6 is 0 Å². The fraction of sp³-hybridized carbons (Fsp3) is 0.975. The molecule has 0 aromatic carbocycles. The lowest BCUT2D eigenvalue weighted by atomic mass is 9.88. The van der Waals surface area contributed by atoms with Crippen molar-refractivity contribution in [1.29, 1.82) is 0 Å². The Morgan fingerprint density at radius 3 is 1.14 bits per heavy atom. The number of rotatable bonds is 27. The van der Waals surface area contributed by atoms with Crippen molar-refractivity contribution in [1.82, 2.24) is 0 Å². The van der Waals surface area contributed by atoms with Gasteiger partial charge in [-0.1, -0.05) is 160 Å². The topological polar surface area (TPSA) is 26.3 Å². The smallest absolute Gasteiger partial charge is 0.308 e. The van der Waals surface area contributed by atoms with Crippen LogP contribution in [0.15, 0.2) is 0 Å². The third kappa shape index (κ3) is 21.2. The molecule has 0 saturated heterocycles. The standard InChI is InChI=1S/C40H80O2/c1-30(2)34(9)21-15-13-17-25-38(26-19-23-36(11)32(5)6)29-42-40(41)39(28-20-24-37(12)33(7)8)27-18-14-16-22-35(10)31(3)4/h30-39H,13-29H2,1-12H3. The number of ether oxygens (including phenoxy) is 1. The zero-order valence-electron chi connectivity index (χ0n) is 31.1. The van der Waals surface area contributed by atoms with E-state index in [0.717, 1.165) is 67.1 Å². The van der Waals surface area contributed by atoms with Gasteiger partial charge in [0.1, 0.15) is 0 Å². The zero-order valence-corrected chi connectivity index (χ0v) is 31.1. The molecule has 42 heavy (non-hydrogen) atoms. The molecule has 0 spiro atoms. The van der Waals surface area contributed by atoms with E-state index in [4.69, 9.17) is 4.74 Å². The average Bonchev–Trinajstić information content (AvgIpc) is 2.92. The van der Waals surface area contributed by atoms with E-state index < -0.39 is 0 Å². The molecule has 0 fully saturated rings. The van der Waals surface area contributed by atoms with E-state index in [2.05, 4.69) is 83.1 Å². The van der Waals surface area contributed by atoms with E-state index in [1.807, 2.05) is 0 Å². The molecular weight excluding hydrogens is 512 g/mol. The van der Waals surface area contributed by atoms with Crippen LogP contribution in [0.25, 0.3) is 0 Å². The Bertz CT molecular complexity index is 621. The molecule has 0 bridgehead atoms.